The van der Waals surface area contributed by atoms with Gasteiger partial charge in [0, 0.05) is 26.1 Å². The first-order valence-corrected chi connectivity index (χ1v) is 5.85. The zero-order valence-corrected chi connectivity index (χ0v) is 10.3. The fraction of sp³-hybridized carbons (Fsp3) is 0.455. The number of nitrogens with zero attached hydrogens (tertiary/aromatic N) is 5. The van der Waals surface area contributed by atoms with E-state index in [4.69, 9.17) is 4.74 Å². The van der Waals surface area contributed by atoms with E-state index in [1.54, 1.807) is 24.1 Å². The van der Waals surface area contributed by atoms with Gasteiger partial charge < -0.3 is 10.1 Å². The van der Waals surface area contributed by atoms with Crippen molar-refractivity contribution in [3.05, 3.63) is 18.2 Å². The number of anilines is 1. The summed E-state index contributed by atoms with van der Waals surface area (Å²) < 4.78 is 7.11. The quantitative estimate of drug-likeness (QED) is 0.876. The Morgan fingerprint density at radius 2 is 2.22 bits per heavy atom. The average Bonchev–Trinajstić information content (AvgIpc) is 3.14. The van der Waals surface area contributed by atoms with Crippen molar-refractivity contribution < 1.29 is 4.74 Å². The summed E-state index contributed by atoms with van der Waals surface area (Å²) in [6, 6.07) is 2.03. The molecule has 1 saturated carbocycles. The predicted octanol–water partition coefficient (Wildman–Crippen LogP) is 1.32. The maximum atomic E-state index is 5.53. The highest BCUT2D eigenvalue weighted by Crippen LogP contribution is 2.39. The van der Waals surface area contributed by atoms with E-state index >= 15 is 0 Å². The smallest absolute Gasteiger partial charge is 0.342 e. The largest absolute Gasteiger partial charge is 0.404 e. The van der Waals surface area contributed by atoms with Gasteiger partial charge in [-0.2, -0.15) is 9.97 Å². The predicted molar refractivity (Wildman–Crippen MR) is 64.6 cm³/mol. The Kier molecular flexibility index (Phi) is 2.58. The van der Waals surface area contributed by atoms with Crippen molar-refractivity contribution in [3.8, 4) is 11.9 Å². The van der Waals surface area contributed by atoms with E-state index in [1.807, 2.05) is 7.05 Å². The van der Waals surface area contributed by atoms with E-state index in [-0.39, 0.29) is 0 Å². The Bertz CT molecular complexity index is 562. The highest BCUT2D eigenvalue weighted by molar-refractivity contribution is 5.39. The Hall–Kier alpha value is -2.18. The van der Waals surface area contributed by atoms with Crippen molar-refractivity contribution >= 4 is 5.82 Å². The van der Waals surface area contributed by atoms with Gasteiger partial charge in [-0.15, -0.1) is 5.10 Å². The zero-order chi connectivity index (χ0) is 12.5. The van der Waals surface area contributed by atoms with E-state index in [1.165, 1.54) is 0 Å². The van der Waals surface area contributed by atoms with E-state index in [2.05, 4.69) is 25.4 Å². The minimum Gasteiger partial charge on any atom is -0.404 e. The molecule has 0 bridgehead atoms. The molecule has 7 nitrogen and oxygen atoms in total. The molecule has 1 fully saturated rings. The van der Waals surface area contributed by atoms with Crippen LogP contribution in [-0.2, 0) is 7.05 Å². The van der Waals surface area contributed by atoms with Crippen LogP contribution >= 0.6 is 0 Å². The second-order valence-electron chi connectivity index (χ2n) is 4.28. The summed E-state index contributed by atoms with van der Waals surface area (Å²) in [5.74, 6) is 2.52. The number of hydrogen-bond acceptors (Lipinski definition) is 6. The van der Waals surface area contributed by atoms with Crippen molar-refractivity contribution in [2.45, 2.75) is 18.8 Å². The molecular formula is C11H14N6O. The summed E-state index contributed by atoms with van der Waals surface area (Å²) >= 11 is 0. The lowest BCUT2D eigenvalue weighted by Crippen LogP contribution is -2.01. The minimum absolute atomic E-state index is 0.292. The van der Waals surface area contributed by atoms with Gasteiger partial charge in [0.05, 0.1) is 0 Å². The number of rotatable bonds is 4. The maximum Gasteiger partial charge on any atom is 0.342 e. The molecule has 2 aromatic rings. The molecule has 0 spiro atoms. The Balaban J connectivity index is 1.88. The van der Waals surface area contributed by atoms with Crippen LogP contribution in [0.2, 0.25) is 0 Å². The minimum atomic E-state index is 0.292. The first kappa shape index (κ1) is 10.9. The summed E-state index contributed by atoms with van der Waals surface area (Å²) in [6.07, 6.45) is 3.88. The Morgan fingerprint density at radius 3 is 2.83 bits per heavy atom. The molecular weight excluding hydrogens is 232 g/mol. The molecule has 0 aromatic carbocycles. The van der Waals surface area contributed by atoms with Gasteiger partial charge in [-0.05, 0) is 12.8 Å². The summed E-state index contributed by atoms with van der Waals surface area (Å²) in [7, 11) is 3.61. The molecule has 18 heavy (non-hydrogen) atoms. The standard InChI is InChI=1S/C11H14N6O/c1-12-8-5-9(15-10(14-8)7-3-4-7)18-11-13-6-17(2)16-11/h5-7H,3-4H2,1-2H3,(H,12,14,15). The fourth-order valence-corrected chi connectivity index (χ4v) is 1.61. The first-order chi connectivity index (χ1) is 8.74. The normalized spacial score (nSPS) is 14.6. The van der Waals surface area contributed by atoms with E-state index < -0.39 is 0 Å². The molecule has 1 aliphatic rings. The molecule has 0 radical (unpaired) electrons. The molecule has 94 valence electrons. The molecule has 0 aliphatic heterocycles. The summed E-state index contributed by atoms with van der Waals surface area (Å²) in [4.78, 5) is 12.8. The van der Waals surface area contributed by atoms with Gasteiger partial charge in [0.2, 0.25) is 5.88 Å². The summed E-state index contributed by atoms with van der Waals surface area (Å²) in [5, 5.41) is 7.06. The van der Waals surface area contributed by atoms with Crippen LogP contribution in [0.1, 0.15) is 24.6 Å². The van der Waals surface area contributed by atoms with Gasteiger partial charge in [-0.25, -0.2) is 4.98 Å². The third-order valence-corrected chi connectivity index (χ3v) is 2.69. The SMILES string of the molecule is CNc1cc(Oc2ncn(C)n2)nc(C2CC2)n1. The van der Waals surface area contributed by atoms with Gasteiger partial charge in [0.1, 0.15) is 18.0 Å². The average molecular weight is 246 g/mol. The van der Waals surface area contributed by atoms with Crippen molar-refractivity contribution in [1.82, 2.24) is 24.7 Å². The molecule has 0 atom stereocenters. The van der Waals surface area contributed by atoms with Crippen LogP contribution in [0, 0.1) is 0 Å². The zero-order valence-electron chi connectivity index (χ0n) is 10.3. The van der Waals surface area contributed by atoms with E-state index in [0.717, 1.165) is 24.5 Å². The molecule has 0 saturated heterocycles. The van der Waals surface area contributed by atoms with Crippen LogP contribution in [0.4, 0.5) is 5.82 Å². The number of hydrogen-bond donors (Lipinski definition) is 1. The van der Waals surface area contributed by atoms with Crippen LogP contribution in [0.3, 0.4) is 0 Å². The maximum absolute atomic E-state index is 5.53. The molecule has 2 aromatic heterocycles. The topological polar surface area (TPSA) is 77.8 Å². The second-order valence-corrected chi connectivity index (χ2v) is 4.28. The lowest BCUT2D eigenvalue weighted by molar-refractivity contribution is 0.419. The van der Waals surface area contributed by atoms with Crippen molar-refractivity contribution in [3.63, 3.8) is 0 Å². The van der Waals surface area contributed by atoms with Crippen LogP contribution in [0.25, 0.3) is 0 Å². The summed E-state index contributed by atoms with van der Waals surface area (Å²) in [6.45, 7) is 0. The molecule has 3 rings (SSSR count). The van der Waals surface area contributed by atoms with Crippen LogP contribution in [0.5, 0.6) is 11.9 Å². The number of nitrogens with one attached hydrogen (secondary N) is 1. The van der Waals surface area contributed by atoms with Crippen molar-refractivity contribution in [2.75, 3.05) is 12.4 Å². The first-order valence-electron chi connectivity index (χ1n) is 5.85. The third kappa shape index (κ3) is 2.24. The number of aryl methyl sites for hydroxylation is 1. The Labute approximate surface area is 104 Å². The number of ether oxygens (including phenoxy) is 1. The third-order valence-electron chi connectivity index (χ3n) is 2.69. The second kappa shape index (κ2) is 4.25. The molecule has 0 unspecified atom stereocenters. The van der Waals surface area contributed by atoms with Crippen molar-refractivity contribution in [1.29, 1.82) is 0 Å². The lowest BCUT2D eigenvalue weighted by Gasteiger charge is -2.06. The molecule has 7 heteroatoms. The van der Waals surface area contributed by atoms with Gasteiger partial charge in [-0.3, -0.25) is 4.68 Å². The van der Waals surface area contributed by atoms with Gasteiger partial charge in [0.25, 0.3) is 0 Å². The van der Waals surface area contributed by atoms with Crippen LogP contribution in [-0.4, -0.2) is 31.8 Å². The van der Waals surface area contributed by atoms with Gasteiger partial charge >= 0.3 is 6.01 Å². The molecule has 1 aliphatic carbocycles. The monoisotopic (exact) mass is 246 g/mol. The Morgan fingerprint density at radius 1 is 1.39 bits per heavy atom. The number of aromatic nitrogens is 5. The highest BCUT2D eigenvalue weighted by atomic mass is 16.5. The van der Waals surface area contributed by atoms with E-state index in [0.29, 0.717) is 17.8 Å². The van der Waals surface area contributed by atoms with Crippen LogP contribution < -0.4 is 10.1 Å². The molecule has 0 amide bonds. The van der Waals surface area contributed by atoms with E-state index in [9.17, 15) is 0 Å². The highest BCUT2D eigenvalue weighted by Gasteiger charge is 2.27. The van der Waals surface area contributed by atoms with Crippen LogP contribution in [0.15, 0.2) is 12.4 Å². The summed E-state index contributed by atoms with van der Waals surface area (Å²) in [5.41, 5.74) is 0. The van der Waals surface area contributed by atoms with Gasteiger partial charge in [0.15, 0.2) is 0 Å². The lowest BCUT2D eigenvalue weighted by atomic mass is 10.4. The van der Waals surface area contributed by atoms with Gasteiger partial charge in [-0.1, -0.05) is 0 Å². The molecule has 2 heterocycles. The van der Waals surface area contributed by atoms with Crippen molar-refractivity contribution in [2.24, 2.45) is 7.05 Å². The molecule has 1 N–H and O–H groups in total. The fourth-order valence-electron chi connectivity index (χ4n) is 1.61.